The van der Waals surface area contributed by atoms with Crippen molar-refractivity contribution in [2.45, 2.75) is 89.5 Å². The molecule has 0 bridgehead atoms. The normalized spacial score (nSPS) is 14.7. The summed E-state index contributed by atoms with van der Waals surface area (Å²) < 4.78 is 0. The summed E-state index contributed by atoms with van der Waals surface area (Å²) in [4.78, 5) is 15.0. The molecule has 1 aliphatic heterocycles. The van der Waals surface area contributed by atoms with Gasteiger partial charge in [-0.25, -0.2) is 4.99 Å². The van der Waals surface area contributed by atoms with Gasteiger partial charge in [0.1, 0.15) is 0 Å². The predicted molar refractivity (Wildman–Crippen MR) is 146 cm³/mol. The van der Waals surface area contributed by atoms with Crippen LogP contribution in [-0.4, -0.2) is 17.1 Å². The van der Waals surface area contributed by atoms with E-state index in [4.69, 9.17) is 15.0 Å². The predicted octanol–water partition coefficient (Wildman–Crippen LogP) is 8.38. The molecule has 1 heterocycles. The number of nitrogens with zero attached hydrogens (tertiary/aromatic N) is 3. The van der Waals surface area contributed by atoms with E-state index in [-0.39, 0.29) is 0 Å². The van der Waals surface area contributed by atoms with Crippen molar-refractivity contribution in [2.24, 2.45) is 15.0 Å². The zero-order valence-electron chi connectivity index (χ0n) is 22.6. The van der Waals surface area contributed by atoms with E-state index < -0.39 is 0 Å². The molecule has 0 amide bonds. The van der Waals surface area contributed by atoms with Gasteiger partial charge in [-0.2, -0.15) is 0 Å². The molecule has 174 valence electrons. The average Bonchev–Trinajstić information content (AvgIpc) is 3.30. The molecular formula is C30H39N3. The maximum absolute atomic E-state index is 5.05. The summed E-state index contributed by atoms with van der Waals surface area (Å²) in [6.45, 7) is 26.0. The standard InChI is InChI=1S/C30H39N3/c1-15-17(3)21(7)29(22(8)18(15)4)31-25(11)27-13-14-28(33-27)26(12)32-30-23(9)19(5)16(2)20(6)24(30)10/h13H,14H2,1-12H3/b31-25+,32-26+. The monoisotopic (exact) mass is 441 g/mol. The van der Waals surface area contributed by atoms with Crippen molar-refractivity contribution in [1.29, 1.82) is 0 Å². The molecule has 0 N–H and O–H groups in total. The smallest absolute Gasteiger partial charge is 0.0810 e. The first-order valence-electron chi connectivity index (χ1n) is 11.9. The summed E-state index contributed by atoms with van der Waals surface area (Å²) in [5.74, 6) is 0. The van der Waals surface area contributed by atoms with Crippen LogP contribution in [0, 0.1) is 69.2 Å². The van der Waals surface area contributed by atoms with Crippen LogP contribution in [0.1, 0.15) is 75.9 Å². The molecule has 0 unspecified atom stereocenters. The molecule has 3 heteroatoms. The van der Waals surface area contributed by atoms with Gasteiger partial charge in [0.15, 0.2) is 0 Å². The number of hydrogen-bond acceptors (Lipinski definition) is 3. The van der Waals surface area contributed by atoms with E-state index in [2.05, 4.69) is 89.2 Å². The van der Waals surface area contributed by atoms with E-state index in [1.807, 2.05) is 0 Å². The molecule has 0 fully saturated rings. The Morgan fingerprint density at radius 3 is 1.27 bits per heavy atom. The Balaban J connectivity index is 1.97. The van der Waals surface area contributed by atoms with Gasteiger partial charge in [0.25, 0.3) is 0 Å². The van der Waals surface area contributed by atoms with Crippen LogP contribution in [0.5, 0.6) is 0 Å². The first-order valence-corrected chi connectivity index (χ1v) is 11.9. The zero-order valence-corrected chi connectivity index (χ0v) is 22.6. The molecule has 0 radical (unpaired) electrons. The van der Waals surface area contributed by atoms with Gasteiger partial charge in [-0.1, -0.05) is 6.08 Å². The summed E-state index contributed by atoms with van der Waals surface area (Å²) in [7, 11) is 0. The van der Waals surface area contributed by atoms with Crippen molar-refractivity contribution in [3.63, 3.8) is 0 Å². The van der Waals surface area contributed by atoms with E-state index in [9.17, 15) is 0 Å². The van der Waals surface area contributed by atoms with Crippen molar-refractivity contribution < 1.29 is 0 Å². The van der Waals surface area contributed by atoms with Crippen molar-refractivity contribution in [2.75, 3.05) is 0 Å². The fourth-order valence-corrected chi connectivity index (χ4v) is 4.64. The maximum atomic E-state index is 5.05. The minimum atomic E-state index is 0.795. The molecule has 0 aliphatic carbocycles. The topological polar surface area (TPSA) is 37.1 Å². The van der Waals surface area contributed by atoms with E-state index in [1.165, 1.54) is 55.6 Å². The summed E-state index contributed by atoms with van der Waals surface area (Å²) >= 11 is 0. The Bertz CT molecular complexity index is 1220. The van der Waals surface area contributed by atoms with E-state index in [1.54, 1.807) is 0 Å². The summed E-state index contributed by atoms with van der Waals surface area (Å²) in [6, 6.07) is 0. The number of aliphatic imine (C=N–C) groups is 3. The highest BCUT2D eigenvalue weighted by atomic mass is 14.9. The minimum Gasteiger partial charge on any atom is -0.251 e. The van der Waals surface area contributed by atoms with Crippen LogP contribution in [0.3, 0.4) is 0 Å². The average molecular weight is 442 g/mol. The lowest BCUT2D eigenvalue weighted by Crippen LogP contribution is -2.08. The number of hydrogen-bond donors (Lipinski definition) is 0. The highest BCUT2D eigenvalue weighted by Crippen LogP contribution is 2.34. The highest BCUT2D eigenvalue weighted by Gasteiger charge is 2.18. The van der Waals surface area contributed by atoms with Gasteiger partial charge in [0.05, 0.1) is 34.2 Å². The lowest BCUT2D eigenvalue weighted by atomic mass is 9.93. The first-order chi connectivity index (χ1) is 15.4. The lowest BCUT2D eigenvalue weighted by molar-refractivity contribution is 1.16. The van der Waals surface area contributed by atoms with Gasteiger partial charge in [0, 0.05) is 6.42 Å². The zero-order chi connectivity index (χ0) is 24.8. The molecule has 2 aromatic carbocycles. The maximum Gasteiger partial charge on any atom is 0.0810 e. The lowest BCUT2D eigenvalue weighted by Gasteiger charge is -2.16. The SMILES string of the molecule is C/C(=N\c1c(C)c(C)c(C)c(C)c1C)C1=CCC(/C(C)=N/c2c(C)c(C)c(C)c(C)c2C)=N1. The number of allylic oxidation sites excluding steroid dienone is 2. The van der Waals surface area contributed by atoms with E-state index in [0.717, 1.165) is 40.6 Å². The van der Waals surface area contributed by atoms with E-state index in [0.29, 0.717) is 0 Å². The molecule has 2 aromatic rings. The minimum absolute atomic E-state index is 0.795. The Morgan fingerprint density at radius 2 is 0.879 bits per heavy atom. The van der Waals surface area contributed by atoms with Crippen LogP contribution in [0.25, 0.3) is 0 Å². The Kier molecular flexibility index (Phi) is 6.93. The van der Waals surface area contributed by atoms with Crippen LogP contribution in [0.4, 0.5) is 11.4 Å². The van der Waals surface area contributed by atoms with Crippen LogP contribution in [0.2, 0.25) is 0 Å². The molecule has 0 atom stereocenters. The van der Waals surface area contributed by atoms with Crippen LogP contribution >= 0.6 is 0 Å². The van der Waals surface area contributed by atoms with Crippen LogP contribution in [0.15, 0.2) is 26.8 Å². The number of rotatable bonds is 4. The van der Waals surface area contributed by atoms with Crippen LogP contribution in [-0.2, 0) is 0 Å². The highest BCUT2D eigenvalue weighted by molar-refractivity contribution is 6.43. The second kappa shape index (κ2) is 9.21. The quantitative estimate of drug-likeness (QED) is 0.427. The molecule has 0 saturated carbocycles. The van der Waals surface area contributed by atoms with Gasteiger partial charge >= 0.3 is 0 Å². The van der Waals surface area contributed by atoms with Gasteiger partial charge in [-0.15, -0.1) is 0 Å². The number of benzene rings is 2. The van der Waals surface area contributed by atoms with Gasteiger partial charge in [0.2, 0.25) is 0 Å². The van der Waals surface area contributed by atoms with E-state index >= 15 is 0 Å². The summed E-state index contributed by atoms with van der Waals surface area (Å²) in [6.07, 6.45) is 2.97. The van der Waals surface area contributed by atoms with Gasteiger partial charge < -0.3 is 0 Å². The third kappa shape index (κ3) is 4.38. The van der Waals surface area contributed by atoms with Crippen molar-refractivity contribution in [3.8, 4) is 0 Å². The Hall–Kier alpha value is -2.81. The first kappa shape index (κ1) is 24.8. The fraction of sp³-hybridized carbons (Fsp3) is 0.433. The van der Waals surface area contributed by atoms with Crippen molar-refractivity contribution in [1.82, 2.24) is 0 Å². The largest absolute Gasteiger partial charge is 0.251 e. The third-order valence-corrected chi connectivity index (χ3v) is 8.01. The van der Waals surface area contributed by atoms with Gasteiger partial charge in [-0.3, -0.25) is 9.98 Å². The molecule has 0 aromatic heterocycles. The van der Waals surface area contributed by atoms with Crippen molar-refractivity contribution >= 4 is 28.5 Å². The molecular weight excluding hydrogens is 402 g/mol. The fourth-order valence-electron chi connectivity index (χ4n) is 4.64. The van der Waals surface area contributed by atoms with Crippen molar-refractivity contribution in [3.05, 3.63) is 67.4 Å². The summed E-state index contributed by atoms with van der Waals surface area (Å²) in [5, 5.41) is 0. The molecule has 0 saturated heterocycles. The third-order valence-electron chi connectivity index (χ3n) is 8.01. The molecule has 33 heavy (non-hydrogen) atoms. The molecule has 3 nitrogen and oxygen atoms in total. The Labute approximate surface area is 200 Å². The molecule has 0 spiro atoms. The molecule has 1 aliphatic rings. The second-order valence-corrected chi connectivity index (χ2v) is 9.69. The van der Waals surface area contributed by atoms with Crippen LogP contribution < -0.4 is 0 Å². The molecule has 3 rings (SSSR count). The van der Waals surface area contributed by atoms with Gasteiger partial charge in [-0.05, 0) is 139 Å². The Morgan fingerprint density at radius 1 is 0.545 bits per heavy atom. The second-order valence-electron chi connectivity index (χ2n) is 9.69. The summed E-state index contributed by atoms with van der Waals surface area (Å²) in [5.41, 5.74) is 19.2.